The number of ether oxygens (including phenoxy) is 1. The van der Waals surface area contributed by atoms with Crippen molar-refractivity contribution in [1.29, 1.82) is 0 Å². The fourth-order valence-corrected chi connectivity index (χ4v) is 4.74. The summed E-state index contributed by atoms with van der Waals surface area (Å²) in [7, 11) is 0. The third-order valence-electron chi connectivity index (χ3n) is 6.18. The molecule has 2 saturated heterocycles. The number of nitrogens with one attached hydrogen (secondary N) is 1. The Bertz CT molecular complexity index is 1120. The van der Waals surface area contributed by atoms with Gasteiger partial charge >= 0.3 is 6.03 Å². The number of hydrogen-bond donors (Lipinski definition) is 1. The predicted molar refractivity (Wildman–Crippen MR) is 109 cm³/mol. The van der Waals surface area contributed by atoms with E-state index in [0.717, 1.165) is 10.6 Å². The van der Waals surface area contributed by atoms with Gasteiger partial charge in [-0.25, -0.2) is 9.69 Å². The Kier molecular flexibility index (Phi) is 4.26. The third-order valence-corrected chi connectivity index (χ3v) is 6.18. The molecule has 10 nitrogen and oxygen atoms in total. The van der Waals surface area contributed by atoms with Crippen molar-refractivity contribution in [2.24, 2.45) is 5.41 Å². The van der Waals surface area contributed by atoms with Crippen LogP contribution in [0.5, 0.6) is 0 Å². The molecule has 3 aliphatic heterocycles. The molecule has 2 fully saturated rings. The molecule has 4 amide bonds. The minimum atomic E-state index is -1.66. The highest BCUT2D eigenvalue weighted by Crippen LogP contribution is 2.46. The Labute approximate surface area is 176 Å². The molecule has 1 spiro atoms. The second kappa shape index (κ2) is 6.88. The Morgan fingerprint density at radius 3 is 2.65 bits per heavy atom. The predicted octanol–water partition coefficient (Wildman–Crippen LogP) is 1.63. The zero-order valence-electron chi connectivity index (χ0n) is 16.3. The van der Waals surface area contributed by atoms with Crippen molar-refractivity contribution in [3.05, 3.63) is 64.2 Å². The number of para-hydroxylation sites is 1. The number of non-ortho nitro benzene ring substituents is 1. The molecule has 158 valence electrons. The molecule has 2 aromatic rings. The van der Waals surface area contributed by atoms with Crippen LogP contribution < -0.4 is 15.1 Å². The van der Waals surface area contributed by atoms with Gasteiger partial charge in [0, 0.05) is 30.8 Å². The van der Waals surface area contributed by atoms with Crippen LogP contribution in [0.15, 0.2) is 48.5 Å². The molecule has 0 bridgehead atoms. The van der Waals surface area contributed by atoms with E-state index in [0.29, 0.717) is 24.4 Å². The summed E-state index contributed by atoms with van der Waals surface area (Å²) >= 11 is 0. The van der Waals surface area contributed by atoms with Crippen LogP contribution in [-0.2, 0) is 20.7 Å². The normalized spacial score (nSPS) is 25.2. The zero-order chi connectivity index (χ0) is 21.8. The van der Waals surface area contributed by atoms with E-state index in [1.165, 1.54) is 12.1 Å². The summed E-state index contributed by atoms with van der Waals surface area (Å²) in [6.45, 7) is 0.920. The average molecular weight is 422 g/mol. The number of urea groups is 1. The first kappa shape index (κ1) is 19.2. The lowest BCUT2D eigenvalue weighted by molar-refractivity contribution is -0.384. The van der Waals surface area contributed by atoms with Gasteiger partial charge in [0.2, 0.25) is 5.91 Å². The third kappa shape index (κ3) is 2.72. The first-order chi connectivity index (χ1) is 14.9. The van der Waals surface area contributed by atoms with E-state index in [1.807, 2.05) is 4.90 Å². The topological polar surface area (TPSA) is 122 Å². The highest BCUT2D eigenvalue weighted by atomic mass is 16.6. The summed E-state index contributed by atoms with van der Waals surface area (Å²) in [4.78, 5) is 53.4. The SMILES string of the molecule is O=C1NC(=O)C2(Cc3cc([N+](=O)[O-])ccc3N3CCOCC32)C(=O)N1c1ccccc1. The van der Waals surface area contributed by atoms with Crippen molar-refractivity contribution >= 4 is 34.9 Å². The molecule has 3 aliphatic rings. The molecule has 10 heteroatoms. The molecule has 0 saturated carbocycles. The van der Waals surface area contributed by atoms with Crippen molar-refractivity contribution in [3.8, 4) is 0 Å². The number of carbonyl (C=O) groups excluding carboxylic acids is 3. The molecule has 0 radical (unpaired) electrons. The fourth-order valence-electron chi connectivity index (χ4n) is 4.74. The van der Waals surface area contributed by atoms with Crippen LogP contribution in [0.3, 0.4) is 0 Å². The summed E-state index contributed by atoms with van der Waals surface area (Å²) in [5.74, 6) is -1.38. The maximum Gasteiger partial charge on any atom is 0.335 e. The summed E-state index contributed by atoms with van der Waals surface area (Å²) < 4.78 is 5.62. The van der Waals surface area contributed by atoms with Crippen molar-refractivity contribution in [3.63, 3.8) is 0 Å². The molecular weight excluding hydrogens is 404 g/mol. The molecule has 3 heterocycles. The fraction of sp³-hybridized carbons (Fsp3) is 0.286. The van der Waals surface area contributed by atoms with E-state index < -0.39 is 34.2 Å². The van der Waals surface area contributed by atoms with Gasteiger partial charge in [0.15, 0.2) is 5.41 Å². The summed E-state index contributed by atoms with van der Waals surface area (Å²) in [5, 5.41) is 13.6. The van der Waals surface area contributed by atoms with Gasteiger partial charge in [-0.05, 0) is 23.8 Å². The molecule has 31 heavy (non-hydrogen) atoms. The number of hydrogen-bond acceptors (Lipinski definition) is 7. The zero-order valence-corrected chi connectivity index (χ0v) is 16.3. The lowest BCUT2D eigenvalue weighted by Gasteiger charge is -2.53. The molecule has 1 N–H and O–H groups in total. The number of nitrogens with zero attached hydrogens (tertiary/aromatic N) is 3. The second-order valence-corrected chi connectivity index (χ2v) is 7.74. The Morgan fingerprint density at radius 1 is 1.13 bits per heavy atom. The lowest BCUT2D eigenvalue weighted by atomic mass is 9.68. The minimum Gasteiger partial charge on any atom is -0.377 e. The van der Waals surface area contributed by atoms with Gasteiger partial charge in [-0.15, -0.1) is 0 Å². The number of benzene rings is 2. The maximum absolute atomic E-state index is 13.8. The van der Waals surface area contributed by atoms with E-state index >= 15 is 0 Å². The number of morpholine rings is 1. The highest BCUT2D eigenvalue weighted by Gasteiger charge is 2.63. The smallest absolute Gasteiger partial charge is 0.335 e. The van der Waals surface area contributed by atoms with Crippen molar-refractivity contribution in [1.82, 2.24) is 5.32 Å². The number of nitro benzene ring substituents is 1. The van der Waals surface area contributed by atoms with Crippen molar-refractivity contribution in [2.45, 2.75) is 12.5 Å². The summed E-state index contributed by atoms with van der Waals surface area (Å²) in [5.41, 5.74) is -0.205. The molecular formula is C21H18N4O6. The maximum atomic E-state index is 13.8. The number of rotatable bonds is 2. The van der Waals surface area contributed by atoms with E-state index in [1.54, 1.807) is 36.4 Å². The number of anilines is 2. The van der Waals surface area contributed by atoms with Crippen LogP contribution in [-0.4, -0.2) is 48.6 Å². The minimum absolute atomic E-state index is 0.0736. The van der Waals surface area contributed by atoms with Gasteiger partial charge < -0.3 is 9.64 Å². The van der Waals surface area contributed by atoms with Gasteiger partial charge in [-0.3, -0.25) is 25.0 Å². The van der Waals surface area contributed by atoms with Crippen LogP contribution in [0.2, 0.25) is 0 Å². The van der Waals surface area contributed by atoms with Crippen molar-refractivity contribution < 1.29 is 24.0 Å². The van der Waals surface area contributed by atoms with Crippen LogP contribution >= 0.6 is 0 Å². The first-order valence-corrected chi connectivity index (χ1v) is 9.80. The van der Waals surface area contributed by atoms with Gasteiger partial charge in [0.05, 0.1) is 29.9 Å². The number of nitro groups is 1. The molecule has 2 atom stereocenters. The molecule has 5 rings (SSSR count). The van der Waals surface area contributed by atoms with Crippen LogP contribution in [0.4, 0.5) is 21.9 Å². The summed E-state index contributed by atoms with van der Waals surface area (Å²) in [6, 6.07) is 11.3. The molecule has 2 aromatic carbocycles. The Balaban J connectivity index is 1.68. The van der Waals surface area contributed by atoms with Gasteiger partial charge in [-0.1, -0.05) is 18.2 Å². The second-order valence-electron chi connectivity index (χ2n) is 7.74. The summed E-state index contributed by atoms with van der Waals surface area (Å²) in [6.07, 6.45) is -0.0736. The van der Waals surface area contributed by atoms with E-state index in [2.05, 4.69) is 5.32 Å². The quantitative estimate of drug-likeness (QED) is 0.443. The standard InChI is InChI=1S/C21H18N4O6/c26-18-21(19(27)24(20(28)22-18)14-4-2-1-3-5-14)11-13-10-15(25(29)30)6-7-16(13)23-8-9-31-12-17(21)23/h1-7,10,17H,8-9,11-12H2,(H,22,26,28). The molecule has 0 aromatic heterocycles. The average Bonchev–Trinajstić information content (AvgIpc) is 2.78. The van der Waals surface area contributed by atoms with Crippen molar-refractivity contribution in [2.75, 3.05) is 29.6 Å². The molecule has 2 unspecified atom stereocenters. The number of amides is 4. The number of carbonyl (C=O) groups is 3. The number of fused-ring (bicyclic) bond motifs is 4. The largest absolute Gasteiger partial charge is 0.377 e. The lowest BCUT2D eigenvalue weighted by Crippen LogP contribution is -2.74. The Morgan fingerprint density at radius 2 is 1.90 bits per heavy atom. The Hall–Kier alpha value is -3.79. The van der Waals surface area contributed by atoms with Gasteiger partial charge in [-0.2, -0.15) is 0 Å². The van der Waals surface area contributed by atoms with Crippen LogP contribution in [0.25, 0.3) is 0 Å². The number of imide groups is 2. The monoisotopic (exact) mass is 422 g/mol. The number of barbiturate groups is 1. The van der Waals surface area contributed by atoms with Gasteiger partial charge in [0.1, 0.15) is 0 Å². The first-order valence-electron chi connectivity index (χ1n) is 9.80. The van der Waals surface area contributed by atoms with E-state index in [-0.39, 0.29) is 18.7 Å². The van der Waals surface area contributed by atoms with Crippen LogP contribution in [0, 0.1) is 15.5 Å². The van der Waals surface area contributed by atoms with E-state index in [9.17, 15) is 24.5 Å². The van der Waals surface area contributed by atoms with Gasteiger partial charge in [0.25, 0.3) is 11.6 Å². The van der Waals surface area contributed by atoms with E-state index in [4.69, 9.17) is 4.74 Å². The van der Waals surface area contributed by atoms with Crippen LogP contribution in [0.1, 0.15) is 5.56 Å². The molecule has 0 aliphatic carbocycles. The highest BCUT2D eigenvalue weighted by molar-refractivity contribution is 6.30.